The van der Waals surface area contributed by atoms with Crippen LogP contribution in [0.2, 0.25) is 0 Å². The van der Waals surface area contributed by atoms with Crippen molar-refractivity contribution in [3.05, 3.63) is 77.5 Å². The van der Waals surface area contributed by atoms with Crippen LogP contribution in [-0.4, -0.2) is 27.7 Å². The van der Waals surface area contributed by atoms with E-state index in [1.807, 2.05) is 71.8 Å². The summed E-state index contributed by atoms with van der Waals surface area (Å²) in [6.07, 6.45) is 3.81. The lowest BCUT2D eigenvalue weighted by atomic mass is 9.85. The minimum atomic E-state index is -0.623. The summed E-state index contributed by atoms with van der Waals surface area (Å²) in [5, 5.41) is 9.77. The summed E-state index contributed by atoms with van der Waals surface area (Å²) in [7, 11) is 0. The van der Waals surface area contributed by atoms with Gasteiger partial charge in [0.1, 0.15) is 6.04 Å². The molecular weight excluding hydrogens is 338 g/mol. The fraction of sp³-hybridized carbons (Fsp3) is 0.227. The van der Waals surface area contributed by atoms with Crippen LogP contribution in [0.25, 0.3) is 6.08 Å². The number of nitriles is 1. The van der Waals surface area contributed by atoms with Gasteiger partial charge in [0.15, 0.2) is 0 Å². The van der Waals surface area contributed by atoms with Gasteiger partial charge in [-0.15, -0.1) is 0 Å². The van der Waals surface area contributed by atoms with Gasteiger partial charge in [-0.1, -0.05) is 54.6 Å². The number of fused-ring (bicyclic) bond motifs is 5. The zero-order valence-electron chi connectivity index (χ0n) is 14.5. The van der Waals surface area contributed by atoms with Crippen LogP contribution < -0.4 is 0 Å². The van der Waals surface area contributed by atoms with Crippen molar-refractivity contribution >= 4 is 17.9 Å². The van der Waals surface area contributed by atoms with E-state index in [2.05, 4.69) is 6.07 Å². The third-order valence-corrected chi connectivity index (χ3v) is 5.87. The molecule has 0 aromatic heterocycles. The molecule has 3 aliphatic rings. The molecule has 2 aromatic rings. The van der Waals surface area contributed by atoms with Crippen LogP contribution in [0, 0.1) is 23.2 Å². The number of hydrogen-bond donors (Lipinski definition) is 0. The standard InChI is InChI=1S/C22H17N3O2/c23-12-17-18-19(20-16-9-5-4-8-15(16)10-11-24(17)20)22(27)25(21(18)26)13-14-6-2-1-3-7-14/h1-11,17-20H,13H2/t17-,18-,19+,20+/m0/s1. The smallest absolute Gasteiger partial charge is 0.236 e. The average molecular weight is 355 g/mol. The van der Waals surface area contributed by atoms with Crippen molar-refractivity contribution < 1.29 is 9.59 Å². The molecule has 0 radical (unpaired) electrons. The molecule has 0 bridgehead atoms. The van der Waals surface area contributed by atoms with E-state index in [0.717, 1.165) is 16.7 Å². The SMILES string of the molecule is N#C[C@H]1[C@@H]2C(=O)N(Cc3ccccc3)C(=O)[C@H]2[C@H]2c3ccccc3C=CN21. The van der Waals surface area contributed by atoms with Crippen LogP contribution in [0.15, 0.2) is 60.8 Å². The number of hydrogen-bond acceptors (Lipinski definition) is 4. The molecule has 0 saturated carbocycles. The molecule has 2 saturated heterocycles. The molecule has 27 heavy (non-hydrogen) atoms. The normalized spacial score (nSPS) is 28.0. The van der Waals surface area contributed by atoms with Gasteiger partial charge in [0.05, 0.1) is 30.5 Å². The van der Waals surface area contributed by atoms with Crippen molar-refractivity contribution in [1.82, 2.24) is 9.80 Å². The Kier molecular flexibility index (Phi) is 3.41. The highest BCUT2D eigenvalue weighted by Gasteiger charge is 2.62. The first-order chi connectivity index (χ1) is 13.2. The van der Waals surface area contributed by atoms with Gasteiger partial charge in [-0.05, 0) is 22.8 Å². The van der Waals surface area contributed by atoms with Crippen molar-refractivity contribution in [2.75, 3.05) is 0 Å². The fourth-order valence-corrected chi connectivity index (χ4v) is 4.69. The Bertz CT molecular complexity index is 1010. The Hall–Kier alpha value is -3.39. The lowest BCUT2D eigenvalue weighted by Crippen LogP contribution is -2.39. The van der Waals surface area contributed by atoms with Gasteiger partial charge in [0.2, 0.25) is 11.8 Å². The summed E-state index contributed by atoms with van der Waals surface area (Å²) in [4.78, 5) is 29.6. The number of benzene rings is 2. The molecule has 0 aliphatic carbocycles. The van der Waals surface area contributed by atoms with E-state index < -0.39 is 17.9 Å². The van der Waals surface area contributed by atoms with E-state index in [4.69, 9.17) is 0 Å². The van der Waals surface area contributed by atoms with E-state index >= 15 is 0 Å². The summed E-state index contributed by atoms with van der Waals surface area (Å²) in [6, 6.07) is 18.8. The largest absolute Gasteiger partial charge is 0.353 e. The molecule has 0 unspecified atom stereocenters. The van der Waals surface area contributed by atoms with Crippen molar-refractivity contribution in [1.29, 1.82) is 5.26 Å². The minimum Gasteiger partial charge on any atom is -0.353 e. The summed E-state index contributed by atoms with van der Waals surface area (Å²) >= 11 is 0. The summed E-state index contributed by atoms with van der Waals surface area (Å²) in [5.41, 5.74) is 2.96. The lowest BCUT2D eigenvalue weighted by molar-refractivity contribution is -0.141. The van der Waals surface area contributed by atoms with Crippen LogP contribution >= 0.6 is 0 Å². The third-order valence-electron chi connectivity index (χ3n) is 5.87. The van der Waals surface area contributed by atoms with Gasteiger partial charge in [0, 0.05) is 6.20 Å². The van der Waals surface area contributed by atoms with Crippen molar-refractivity contribution in [2.45, 2.75) is 18.6 Å². The van der Waals surface area contributed by atoms with E-state index in [1.165, 1.54) is 4.90 Å². The van der Waals surface area contributed by atoms with E-state index in [1.54, 1.807) is 0 Å². The van der Waals surface area contributed by atoms with Crippen molar-refractivity contribution in [3.63, 3.8) is 0 Å². The molecule has 132 valence electrons. The number of likely N-dealkylation sites (tertiary alicyclic amines) is 1. The molecule has 5 nitrogen and oxygen atoms in total. The van der Waals surface area contributed by atoms with Gasteiger partial charge in [-0.2, -0.15) is 5.26 Å². The summed E-state index contributed by atoms with van der Waals surface area (Å²) < 4.78 is 0. The zero-order chi connectivity index (χ0) is 18.5. The van der Waals surface area contributed by atoms with Gasteiger partial charge in [-0.25, -0.2) is 0 Å². The maximum absolute atomic E-state index is 13.3. The predicted molar refractivity (Wildman–Crippen MR) is 98.4 cm³/mol. The van der Waals surface area contributed by atoms with Crippen molar-refractivity contribution in [3.8, 4) is 6.07 Å². The highest BCUT2D eigenvalue weighted by molar-refractivity contribution is 6.06. The second-order valence-electron chi connectivity index (χ2n) is 7.21. The molecule has 4 atom stereocenters. The molecule has 0 N–H and O–H groups in total. The molecule has 2 aromatic carbocycles. The second kappa shape index (κ2) is 5.82. The highest BCUT2D eigenvalue weighted by Crippen LogP contribution is 2.52. The zero-order valence-corrected chi connectivity index (χ0v) is 14.5. The number of carbonyl (C=O) groups excluding carboxylic acids is 2. The maximum Gasteiger partial charge on any atom is 0.236 e. The Labute approximate surface area is 157 Å². The summed E-state index contributed by atoms with van der Waals surface area (Å²) in [6.45, 7) is 0.258. The summed E-state index contributed by atoms with van der Waals surface area (Å²) in [5.74, 6) is -1.55. The second-order valence-corrected chi connectivity index (χ2v) is 7.21. The Morgan fingerprint density at radius 2 is 1.63 bits per heavy atom. The lowest BCUT2D eigenvalue weighted by Gasteiger charge is -2.33. The first-order valence-corrected chi connectivity index (χ1v) is 9.04. The maximum atomic E-state index is 13.3. The van der Waals surface area contributed by atoms with Gasteiger partial charge in [-0.3, -0.25) is 14.5 Å². The molecule has 2 amide bonds. The first-order valence-electron chi connectivity index (χ1n) is 9.04. The minimum absolute atomic E-state index is 0.174. The van der Waals surface area contributed by atoms with Gasteiger partial charge < -0.3 is 4.90 Å². The molecule has 2 fully saturated rings. The highest BCUT2D eigenvalue weighted by atomic mass is 16.2. The van der Waals surface area contributed by atoms with Gasteiger partial charge >= 0.3 is 0 Å². The number of imide groups is 1. The van der Waals surface area contributed by atoms with Crippen LogP contribution in [-0.2, 0) is 16.1 Å². The molecule has 5 rings (SSSR count). The van der Waals surface area contributed by atoms with Crippen LogP contribution in [0.1, 0.15) is 22.7 Å². The van der Waals surface area contributed by atoms with Gasteiger partial charge in [0.25, 0.3) is 0 Å². The van der Waals surface area contributed by atoms with Crippen LogP contribution in [0.5, 0.6) is 0 Å². The number of amides is 2. The predicted octanol–water partition coefficient (Wildman–Crippen LogP) is 2.72. The van der Waals surface area contributed by atoms with Crippen LogP contribution in [0.4, 0.5) is 0 Å². The van der Waals surface area contributed by atoms with E-state index in [9.17, 15) is 14.9 Å². The van der Waals surface area contributed by atoms with E-state index in [0.29, 0.717) is 0 Å². The topological polar surface area (TPSA) is 64.4 Å². The first kappa shape index (κ1) is 15.8. The number of nitrogens with zero attached hydrogens (tertiary/aromatic N) is 3. The van der Waals surface area contributed by atoms with Crippen molar-refractivity contribution in [2.24, 2.45) is 11.8 Å². The Balaban J connectivity index is 1.56. The molecular formula is C22H17N3O2. The quantitative estimate of drug-likeness (QED) is 0.777. The number of carbonyl (C=O) groups is 2. The van der Waals surface area contributed by atoms with E-state index in [-0.39, 0.29) is 24.4 Å². The number of rotatable bonds is 2. The van der Waals surface area contributed by atoms with Crippen LogP contribution in [0.3, 0.4) is 0 Å². The molecule has 5 heteroatoms. The monoisotopic (exact) mass is 355 g/mol. The molecule has 0 spiro atoms. The fourth-order valence-electron chi connectivity index (χ4n) is 4.69. The average Bonchev–Trinajstić information content (AvgIpc) is 3.17. The Morgan fingerprint density at radius 3 is 2.41 bits per heavy atom. The third kappa shape index (κ3) is 2.16. The Morgan fingerprint density at radius 1 is 0.926 bits per heavy atom. The molecule has 3 aliphatic heterocycles. The molecule has 3 heterocycles.